The molecule has 21 heavy (non-hydrogen) atoms. The van der Waals surface area contributed by atoms with Crippen molar-refractivity contribution in [1.82, 2.24) is 5.32 Å². The first-order chi connectivity index (χ1) is 10.1. The Morgan fingerprint density at radius 1 is 1.24 bits per heavy atom. The molecular weight excluding hydrogens is 418 g/mol. The van der Waals surface area contributed by atoms with Crippen LogP contribution < -0.4 is 14.8 Å². The Labute approximate surface area is 145 Å². The molecule has 0 fully saturated rings. The van der Waals surface area contributed by atoms with E-state index in [0.717, 1.165) is 44.0 Å². The molecule has 0 radical (unpaired) electrons. The average Bonchev–Trinajstić information content (AvgIpc) is 2.89. The van der Waals surface area contributed by atoms with Crippen molar-refractivity contribution in [3.05, 3.63) is 43.0 Å². The fourth-order valence-electron chi connectivity index (χ4n) is 1.86. The van der Waals surface area contributed by atoms with Gasteiger partial charge in [-0.2, -0.15) is 0 Å². The summed E-state index contributed by atoms with van der Waals surface area (Å²) in [7, 11) is 1.66. The van der Waals surface area contributed by atoms with Gasteiger partial charge in [0.25, 0.3) is 0 Å². The van der Waals surface area contributed by atoms with Gasteiger partial charge in [-0.05, 0) is 62.2 Å². The molecule has 0 unspecified atom stereocenters. The van der Waals surface area contributed by atoms with E-state index in [-0.39, 0.29) is 0 Å². The van der Waals surface area contributed by atoms with Crippen LogP contribution in [0.4, 0.5) is 0 Å². The van der Waals surface area contributed by atoms with E-state index in [1.54, 1.807) is 18.4 Å². The molecule has 1 N–H and O–H groups in total. The van der Waals surface area contributed by atoms with Crippen LogP contribution in [0.2, 0.25) is 0 Å². The van der Waals surface area contributed by atoms with Gasteiger partial charge in [0.1, 0.15) is 6.61 Å². The van der Waals surface area contributed by atoms with Crippen LogP contribution in [0, 0.1) is 0 Å². The minimum absolute atomic E-state index is 0.526. The van der Waals surface area contributed by atoms with E-state index in [0.29, 0.717) is 6.61 Å². The zero-order valence-corrected chi connectivity index (χ0v) is 15.9. The summed E-state index contributed by atoms with van der Waals surface area (Å²) in [6.07, 6.45) is 0. The standard InChI is InChI=1S/C15H17Br2NO2S/c1-3-18-7-10-4-13(17)15(14(5-10)19-2)20-8-12-6-11(16)9-21-12/h4-6,9,18H,3,7-8H2,1-2H3. The predicted molar refractivity (Wildman–Crippen MR) is 94.4 cm³/mol. The maximum absolute atomic E-state index is 5.91. The van der Waals surface area contributed by atoms with E-state index in [4.69, 9.17) is 9.47 Å². The van der Waals surface area contributed by atoms with Crippen molar-refractivity contribution in [2.24, 2.45) is 0 Å². The normalized spacial score (nSPS) is 10.7. The molecule has 0 amide bonds. The lowest BCUT2D eigenvalue weighted by Crippen LogP contribution is -2.12. The minimum Gasteiger partial charge on any atom is -0.493 e. The third kappa shape index (κ3) is 4.71. The molecule has 0 saturated carbocycles. The van der Waals surface area contributed by atoms with Gasteiger partial charge in [-0.15, -0.1) is 11.3 Å². The maximum Gasteiger partial charge on any atom is 0.175 e. The Morgan fingerprint density at radius 2 is 2.05 bits per heavy atom. The highest BCUT2D eigenvalue weighted by Crippen LogP contribution is 2.37. The van der Waals surface area contributed by atoms with Crippen molar-refractivity contribution in [1.29, 1.82) is 0 Å². The Bertz CT molecular complexity index is 601. The quantitative estimate of drug-likeness (QED) is 0.667. The first-order valence-electron chi connectivity index (χ1n) is 6.57. The first kappa shape index (κ1) is 16.8. The molecule has 0 saturated heterocycles. The lowest BCUT2D eigenvalue weighted by atomic mass is 10.2. The van der Waals surface area contributed by atoms with Crippen LogP contribution in [0.5, 0.6) is 11.5 Å². The predicted octanol–water partition coefficient (Wildman–Crippen LogP) is 4.97. The van der Waals surface area contributed by atoms with Crippen LogP contribution in [0.15, 0.2) is 32.5 Å². The number of hydrogen-bond donors (Lipinski definition) is 1. The van der Waals surface area contributed by atoms with E-state index >= 15 is 0 Å². The highest BCUT2D eigenvalue weighted by Gasteiger charge is 2.12. The van der Waals surface area contributed by atoms with Gasteiger partial charge in [-0.3, -0.25) is 0 Å². The Morgan fingerprint density at radius 3 is 2.67 bits per heavy atom. The molecule has 0 spiro atoms. The number of rotatable bonds is 7. The van der Waals surface area contributed by atoms with Crippen LogP contribution in [-0.2, 0) is 13.2 Å². The molecule has 6 heteroatoms. The molecule has 0 aliphatic carbocycles. The largest absolute Gasteiger partial charge is 0.493 e. The van der Waals surface area contributed by atoms with E-state index in [9.17, 15) is 0 Å². The van der Waals surface area contributed by atoms with Gasteiger partial charge >= 0.3 is 0 Å². The summed E-state index contributed by atoms with van der Waals surface area (Å²) >= 11 is 8.68. The molecule has 3 nitrogen and oxygen atoms in total. The third-order valence-electron chi connectivity index (χ3n) is 2.85. The monoisotopic (exact) mass is 433 g/mol. The Hall–Kier alpha value is -0.560. The second-order valence-corrected chi connectivity index (χ2v) is 7.18. The van der Waals surface area contributed by atoms with Crippen molar-refractivity contribution < 1.29 is 9.47 Å². The summed E-state index contributed by atoms with van der Waals surface area (Å²) in [5, 5.41) is 5.35. The van der Waals surface area contributed by atoms with E-state index in [2.05, 4.69) is 56.2 Å². The highest BCUT2D eigenvalue weighted by atomic mass is 79.9. The molecule has 2 aromatic rings. The summed E-state index contributed by atoms with van der Waals surface area (Å²) < 4.78 is 13.4. The fraction of sp³-hybridized carbons (Fsp3) is 0.333. The zero-order chi connectivity index (χ0) is 15.2. The lowest BCUT2D eigenvalue weighted by molar-refractivity contribution is 0.285. The van der Waals surface area contributed by atoms with Gasteiger partial charge in [-0.25, -0.2) is 0 Å². The van der Waals surface area contributed by atoms with Crippen molar-refractivity contribution in [3.63, 3.8) is 0 Å². The summed E-state index contributed by atoms with van der Waals surface area (Å²) in [5.41, 5.74) is 1.16. The van der Waals surface area contributed by atoms with Crippen molar-refractivity contribution >= 4 is 43.2 Å². The van der Waals surface area contributed by atoms with Crippen LogP contribution in [-0.4, -0.2) is 13.7 Å². The minimum atomic E-state index is 0.526. The maximum atomic E-state index is 5.91. The van der Waals surface area contributed by atoms with Crippen molar-refractivity contribution in [2.45, 2.75) is 20.1 Å². The molecular formula is C15H17Br2NO2S. The molecule has 1 aromatic carbocycles. The van der Waals surface area contributed by atoms with Gasteiger partial charge in [-0.1, -0.05) is 6.92 Å². The number of methoxy groups -OCH3 is 1. The second-order valence-electron chi connectivity index (χ2n) is 4.41. The van der Waals surface area contributed by atoms with E-state index in [1.165, 1.54) is 0 Å². The molecule has 0 bridgehead atoms. The van der Waals surface area contributed by atoms with Gasteiger partial charge in [0.05, 0.1) is 11.6 Å². The lowest BCUT2D eigenvalue weighted by Gasteiger charge is -2.14. The number of nitrogens with one attached hydrogen (secondary N) is 1. The second kappa shape index (κ2) is 8.17. The van der Waals surface area contributed by atoms with E-state index < -0.39 is 0 Å². The first-order valence-corrected chi connectivity index (χ1v) is 9.03. The number of benzene rings is 1. The zero-order valence-electron chi connectivity index (χ0n) is 11.9. The van der Waals surface area contributed by atoms with Gasteiger partial charge in [0.2, 0.25) is 0 Å². The molecule has 114 valence electrons. The molecule has 0 aliphatic heterocycles. The number of halogens is 2. The Balaban J connectivity index is 2.14. The summed E-state index contributed by atoms with van der Waals surface area (Å²) in [6, 6.07) is 6.13. The summed E-state index contributed by atoms with van der Waals surface area (Å²) in [4.78, 5) is 1.16. The fourth-order valence-corrected chi connectivity index (χ4v) is 3.82. The van der Waals surface area contributed by atoms with Crippen LogP contribution >= 0.6 is 43.2 Å². The summed E-state index contributed by atoms with van der Waals surface area (Å²) in [6.45, 7) is 4.36. The molecule has 1 aromatic heterocycles. The van der Waals surface area contributed by atoms with E-state index in [1.807, 2.05) is 11.4 Å². The van der Waals surface area contributed by atoms with Gasteiger partial charge in [0.15, 0.2) is 11.5 Å². The van der Waals surface area contributed by atoms with Crippen molar-refractivity contribution in [2.75, 3.05) is 13.7 Å². The van der Waals surface area contributed by atoms with Gasteiger partial charge < -0.3 is 14.8 Å². The molecule has 2 rings (SSSR count). The Kier molecular flexibility index (Phi) is 6.54. The smallest absolute Gasteiger partial charge is 0.175 e. The van der Waals surface area contributed by atoms with Gasteiger partial charge in [0, 0.05) is 21.3 Å². The molecule has 1 heterocycles. The molecule has 0 aliphatic rings. The van der Waals surface area contributed by atoms with Crippen molar-refractivity contribution in [3.8, 4) is 11.5 Å². The number of hydrogen-bond acceptors (Lipinski definition) is 4. The number of ether oxygens (including phenoxy) is 2. The topological polar surface area (TPSA) is 30.5 Å². The van der Waals surface area contributed by atoms with Crippen LogP contribution in [0.1, 0.15) is 17.4 Å². The third-order valence-corrected chi connectivity index (χ3v) is 5.11. The average molecular weight is 435 g/mol. The molecule has 0 atom stereocenters. The SMILES string of the molecule is CCNCc1cc(Br)c(OCc2cc(Br)cs2)c(OC)c1. The number of thiophene rings is 1. The highest BCUT2D eigenvalue weighted by molar-refractivity contribution is 9.10. The summed E-state index contributed by atoms with van der Waals surface area (Å²) in [5.74, 6) is 1.48. The van der Waals surface area contributed by atoms with Crippen LogP contribution in [0.25, 0.3) is 0 Å². The van der Waals surface area contributed by atoms with Crippen LogP contribution in [0.3, 0.4) is 0 Å².